The maximum absolute atomic E-state index is 13.3. The monoisotopic (exact) mass is 490 g/mol. The predicted molar refractivity (Wildman–Crippen MR) is 134 cm³/mol. The third-order valence-corrected chi connectivity index (χ3v) is 4.57. The van der Waals surface area contributed by atoms with Gasteiger partial charge in [0.25, 0.3) is 0 Å². The normalized spacial score (nSPS) is 9.89. The van der Waals surface area contributed by atoms with Gasteiger partial charge >= 0.3 is 23.9 Å². The minimum absolute atomic E-state index is 0.140. The summed E-state index contributed by atoms with van der Waals surface area (Å²) in [4.78, 5) is 52.7. The van der Waals surface area contributed by atoms with E-state index in [0.717, 1.165) is 0 Å². The summed E-state index contributed by atoms with van der Waals surface area (Å²) in [5.41, 5.74) is -1.01. The molecule has 0 N–H and O–H groups in total. The summed E-state index contributed by atoms with van der Waals surface area (Å²) >= 11 is 0. The maximum atomic E-state index is 13.3. The van der Waals surface area contributed by atoms with Gasteiger partial charge in [0.15, 0.2) is 0 Å². The zero-order valence-corrected chi connectivity index (χ0v) is 19.7. The first-order valence-electron chi connectivity index (χ1n) is 10.8. The Bertz CT molecular complexity index is 1180. The number of carbonyl (C=O) groups is 4. The zero-order valence-electron chi connectivity index (χ0n) is 19.7. The van der Waals surface area contributed by atoms with E-state index in [2.05, 4.69) is 26.3 Å². The molecular formula is C28H26O8. The molecule has 8 heteroatoms. The quantitative estimate of drug-likeness (QED) is 0.226. The Kier molecular flexibility index (Phi) is 10.6. The molecule has 36 heavy (non-hydrogen) atoms. The van der Waals surface area contributed by atoms with Gasteiger partial charge in [-0.05, 0) is 17.2 Å². The summed E-state index contributed by atoms with van der Waals surface area (Å²) in [7, 11) is 0. The van der Waals surface area contributed by atoms with Crippen LogP contribution < -0.4 is 0 Å². The second kappa shape index (κ2) is 13.9. The average molecular weight is 491 g/mol. The largest absolute Gasteiger partial charge is 0.458 e. The average Bonchev–Trinajstić information content (AvgIpc) is 2.91. The van der Waals surface area contributed by atoms with E-state index < -0.39 is 35.0 Å². The first kappa shape index (κ1) is 27.5. The molecule has 0 atom stereocenters. The molecule has 0 heterocycles. The smallest absolute Gasteiger partial charge is 0.340 e. The van der Waals surface area contributed by atoms with Crippen molar-refractivity contribution >= 4 is 23.9 Å². The Hall–Kier alpha value is -4.72. The second-order valence-electron chi connectivity index (χ2n) is 7.01. The summed E-state index contributed by atoms with van der Waals surface area (Å²) in [6.07, 6.45) is 5.30. The van der Waals surface area contributed by atoms with Crippen molar-refractivity contribution in [1.82, 2.24) is 0 Å². The molecule has 2 aromatic rings. The van der Waals surface area contributed by atoms with E-state index in [1.165, 1.54) is 30.4 Å². The molecule has 0 amide bonds. The summed E-state index contributed by atoms with van der Waals surface area (Å²) in [6.45, 7) is 13.2. The Morgan fingerprint density at radius 2 is 1.00 bits per heavy atom. The Balaban J connectivity index is 3.02. The standard InChI is InChI=1S/C28H26O8/c1-5-14-33-25(29)21-18-20(19-12-10-9-11-13-19)22(26(30)34-15-6-2)24(28(32)36-17-8-4)23(21)27(31)35-16-7-3/h5-13,18H,1-4,14-17H2. The van der Waals surface area contributed by atoms with Crippen LogP contribution in [0.2, 0.25) is 0 Å². The fraction of sp³-hybridized carbons (Fsp3) is 0.143. The number of carbonyl (C=O) groups excluding carboxylic acids is 4. The van der Waals surface area contributed by atoms with E-state index in [-0.39, 0.29) is 43.1 Å². The van der Waals surface area contributed by atoms with Crippen LogP contribution in [0, 0.1) is 0 Å². The highest BCUT2D eigenvalue weighted by Crippen LogP contribution is 2.34. The number of hydrogen-bond acceptors (Lipinski definition) is 8. The van der Waals surface area contributed by atoms with E-state index in [1.54, 1.807) is 30.3 Å². The fourth-order valence-corrected chi connectivity index (χ4v) is 3.15. The number of ether oxygens (including phenoxy) is 4. The van der Waals surface area contributed by atoms with Crippen molar-refractivity contribution in [2.24, 2.45) is 0 Å². The minimum atomic E-state index is -1.07. The van der Waals surface area contributed by atoms with Gasteiger partial charge in [0.2, 0.25) is 0 Å². The lowest BCUT2D eigenvalue weighted by Crippen LogP contribution is -2.25. The van der Waals surface area contributed by atoms with Gasteiger partial charge in [0.1, 0.15) is 26.4 Å². The SMILES string of the molecule is C=CCOC(=O)c1cc(-c2ccccc2)c(C(=O)OCC=C)c(C(=O)OCC=C)c1C(=O)OCC=C. The van der Waals surface area contributed by atoms with E-state index in [1.807, 2.05) is 0 Å². The van der Waals surface area contributed by atoms with Crippen LogP contribution in [0.1, 0.15) is 41.4 Å². The molecule has 2 rings (SSSR count). The molecule has 8 nitrogen and oxygen atoms in total. The van der Waals surface area contributed by atoms with Gasteiger partial charge in [0, 0.05) is 0 Å². The van der Waals surface area contributed by atoms with Gasteiger partial charge < -0.3 is 18.9 Å². The van der Waals surface area contributed by atoms with E-state index in [9.17, 15) is 19.2 Å². The molecule has 0 saturated carbocycles. The summed E-state index contributed by atoms with van der Waals surface area (Å²) in [5, 5.41) is 0. The van der Waals surface area contributed by atoms with Crippen molar-refractivity contribution in [3.8, 4) is 11.1 Å². The van der Waals surface area contributed by atoms with E-state index in [4.69, 9.17) is 18.9 Å². The number of esters is 4. The van der Waals surface area contributed by atoms with Crippen LogP contribution in [0.5, 0.6) is 0 Å². The Morgan fingerprint density at radius 1 is 0.583 bits per heavy atom. The Labute approximate surface area is 209 Å². The highest BCUT2D eigenvalue weighted by molar-refractivity contribution is 6.18. The minimum Gasteiger partial charge on any atom is -0.458 e. The molecular weight excluding hydrogens is 464 g/mol. The van der Waals surface area contributed by atoms with Crippen molar-refractivity contribution in [2.45, 2.75) is 0 Å². The van der Waals surface area contributed by atoms with Crippen LogP contribution in [-0.2, 0) is 18.9 Å². The van der Waals surface area contributed by atoms with Crippen LogP contribution in [0.4, 0.5) is 0 Å². The zero-order chi connectivity index (χ0) is 26.5. The molecule has 2 aromatic carbocycles. The highest BCUT2D eigenvalue weighted by Gasteiger charge is 2.35. The molecule has 0 unspecified atom stereocenters. The number of benzene rings is 2. The van der Waals surface area contributed by atoms with Gasteiger partial charge in [0.05, 0.1) is 22.3 Å². The van der Waals surface area contributed by atoms with Gasteiger partial charge in [-0.2, -0.15) is 0 Å². The molecule has 0 spiro atoms. The van der Waals surface area contributed by atoms with E-state index >= 15 is 0 Å². The third kappa shape index (κ3) is 6.66. The van der Waals surface area contributed by atoms with Crippen molar-refractivity contribution in [3.05, 3.63) is 109 Å². The van der Waals surface area contributed by atoms with Crippen LogP contribution in [0.25, 0.3) is 11.1 Å². The topological polar surface area (TPSA) is 105 Å². The van der Waals surface area contributed by atoms with Crippen LogP contribution >= 0.6 is 0 Å². The summed E-state index contributed by atoms with van der Waals surface area (Å²) < 4.78 is 20.7. The lowest BCUT2D eigenvalue weighted by Gasteiger charge is -2.19. The van der Waals surface area contributed by atoms with Gasteiger partial charge in [-0.1, -0.05) is 81.0 Å². The van der Waals surface area contributed by atoms with Crippen molar-refractivity contribution in [2.75, 3.05) is 26.4 Å². The van der Waals surface area contributed by atoms with Crippen LogP contribution in [-0.4, -0.2) is 50.3 Å². The van der Waals surface area contributed by atoms with Crippen LogP contribution in [0.15, 0.2) is 87.0 Å². The highest BCUT2D eigenvalue weighted by atomic mass is 16.5. The summed E-state index contributed by atoms with van der Waals surface area (Å²) in [5.74, 6) is -4.02. The molecule has 0 aromatic heterocycles. The van der Waals surface area contributed by atoms with Crippen LogP contribution in [0.3, 0.4) is 0 Å². The first-order valence-corrected chi connectivity index (χ1v) is 10.8. The third-order valence-electron chi connectivity index (χ3n) is 4.57. The molecule has 0 saturated heterocycles. The molecule has 0 aliphatic heterocycles. The van der Waals surface area contributed by atoms with Crippen molar-refractivity contribution < 1.29 is 38.1 Å². The number of rotatable bonds is 13. The molecule has 0 aliphatic rings. The first-order chi connectivity index (χ1) is 17.4. The maximum Gasteiger partial charge on any atom is 0.340 e. The molecule has 0 aliphatic carbocycles. The molecule has 0 fully saturated rings. The Morgan fingerprint density at radius 3 is 1.47 bits per heavy atom. The molecule has 0 bridgehead atoms. The summed E-state index contributed by atoms with van der Waals surface area (Å²) in [6, 6.07) is 9.75. The lowest BCUT2D eigenvalue weighted by atomic mass is 9.88. The lowest BCUT2D eigenvalue weighted by molar-refractivity contribution is 0.0469. The molecule has 0 radical (unpaired) electrons. The van der Waals surface area contributed by atoms with Crippen molar-refractivity contribution in [3.63, 3.8) is 0 Å². The fourth-order valence-electron chi connectivity index (χ4n) is 3.15. The van der Waals surface area contributed by atoms with Gasteiger partial charge in [-0.3, -0.25) is 0 Å². The second-order valence-corrected chi connectivity index (χ2v) is 7.01. The van der Waals surface area contributed by atoms with Crippen molar-refractivity contribution in [1.29, 1.82) is 0 Å². The van der Waals surface area contributed by atoms with E-state index in [0.29, 0.717) is 5.56 Å². The van der Waals surface area contributed by atoms with Gasteiger partial charge in [-0.15, -0.1) is 0 Å². The number of hydrogen-bond donors (Lipinski definition) is 0. The van der Waals surface area contributed by atoms with Gasteiger partial charge in [-0.25, -0.2) is 19.2 Å². The molecule has 186 valence electrons. The predicted octanol–water partition coefficient (Wildman–Crippen LogP) is 4.72.